The van der Waals surface area contributed by atoms with E-state index in [9.17, 15) is 9.46 Å². The topological polar surface area (TPSA) is 134 Å². The van der Waals surface area contributed by atoms with E-state index in [0.29, 0.717) is 39.8 Å². The Morgan fingerprint density at radius 3 is 1.94 bits per heavy atom. The van der Waals surface area contributed by atoms with Crippen LogP contribution in [-0.4, -0.2) is 55.4 Å². The molecule has 0 bridgehead atoms. The maximum absolute atomic E-state index is 12.1. The molecule has 172 valence electrons. The summed E-state index contributed by atoms with van der Waals surface area (Å²) in [7, 11) is 1.65. The molecule has 0 spiro atoms. The molecule has 2 N–H and O–H groups in total. The first-order chi connectivity index (χ1) is 15.4. The van der Waals surface area contributed by atoms with Gasteiger partial charge in [0.25, 0.3) is 0 Å². The van der Waals surface area contributed by atoms with Crippen LogP contribution in [0.3, 0.4) is 0 Å². The molecule has 2 aromatic carbocycles. The molecular weight excluding hydrogens is 441 g/mol. The van der Waals surface area contributed by atoms with Gasteiger partial charge in [0.2, 0.25) is 5.75 Å². The number of nitrogens with zero attached hydrogens (tertiary/aromatic N) is 2. The minimum atomic E-state index is -4.32. The molecule has 0 amide bonds. The third-order valence-corrected chi connectivity index (χ3v) is 5.44. The van der Waals surface area contributed by atoms with E-state index < -0.39 is 7.82 Å². The molecule has 1 heterocycles. The van der Waals surface area contributed by atoms with E-state index in [-0.39, 0.29) is 18.1 Å². The van der Waals surface area contributed by atoms with E-state index in [1.807, 2.05) is 0 Å². The predicted molar refractivity (Wildman–Crippen MR) is 116 cm³/mol. The third kappa shape index (κ3) is 4.80. The largest absolute Gasteiger partial charge is 0.527 e. The van der Waals surface area contributed by atoms with Gasteiger partial charge >= 0.3 is 7.82 Å². The lowest BCUT2D eigenvalue weighted by molar-refractivity contribution is 0.210. The number of phosphoric acid groups is 1. The standard InChI is InChI=1S/C20H24N3O8P/c1-6-30-32(24,25)31-15-9-12(7-8-14(15)26-2)18-19(22-23-21-18)13-10-16(27-3)20(29-5)17(11-13)28-4/h7-11H,6H2,1-5H3,(H,24,25)(H,21,22,23). The molecule has 32 heavy (non-hydrogen) atoms. The highest BCUT2D eigenvalue weighted by Crippen LogP contribution is 2.48. The number of hydrogen-bond acceptors (Lipinski definition) is 9. The Labute approximate surface area is 184 Å². The van der Waals surface area contributed by atoms with Gasteiger partial charge in [0, 0.05) is 11.1 Å². The number of rotatable bonds is 10. The normalized spacial score (nSPS) is 12.7. The van der Waals surface area contributed by atoms with Gasteiger partial charge in [0.1, 0.15) is 11.4 Å². The second kappa shape index (κ2) is 9.90. The fraction of sp³-hybridized carbons (Fsp3) is 0.300. The Hall–Kier alpha value is -3.27. The molecular formula is C20H24N3O8P. The van der Waals surface area contributed by atoms with Gasteiger partial charge in [-0.1, -0.05) is 0 Å². The molecule has 11 nitrogen and oxygen atoms in total. The summed E-state index contributed by atoms with van der Waals surface area (Å²) in [4.78, 5) is 9.89. The van der Waals surface area contributed by atoms with Gasteiger partial charge in [-0.3, -0.25) is 9.42 Å². The molecule has 1 aromatic heterocycles. The van der Waals surface area contributed by atoms with E-state index in [0.717, 1.165) is 0 Å². The number of benzene rings is 2. The van der Waals surface area contributed by atoms with Crippen LogP contribution in [0.4, 0.5) is 0 Å². The summed E-state index contributed by atoms with van der Waals surface area (Å²) < 4.78 is 43.6. The number of phosphoric ester groups is 1. The zero-order valence-electron chi connectivity index (χ0n) is 18.2. The van der Waals surface area contributed by atoms with Gasteiger partial charge in [-0.05, 0) is 37.3 Å². The minimum absolute atomic E-state index is 0.00432. The second-order valence-electron chi connectivity index (χ2n) is 6.28. The zero-order valence-corrected chi connectivity index (χ0v) is 19.1. The van der Waals surface area contributed by atoms with Crippen LogP contribution in [0.2, 0.25) is 0 Å². The molecule has 0 saturated carbocycles. The highest BCUT2D eigenvalue weighted by atomic mass is 31.2. The first-order valence-electron chi connectivity index (χ1n) is 9.43. The average molecular weight is 465 g/mol. The molecule has 3 rings (SSSR count). The van der Waals surface area contributed by atoms with E-state index >= 15 is 0 Å². The van der Waals surface area contributed by atoms with Crippen LogP contribution < -0.4 is 23.5 Å². The summed E-state index contributed by atoms with van der Waals surface area (Å²) in [6.07, 6.45) is 0. The lowest BCUT2D eigenvalue weighted by Crippen LogP contribution is -1.99. The van der Waals surface area contributed by atoms with Crippen molar-refractivity contribution in [2.45, 2.75) is 6.92 Å². The summed E-state index contributed by atoms with van der Waals surface area (Å²) in [5.74, 6) is 1.61. The monoisotopic (exact) mass is 465 g/mol. The van der Waals surface area contributed by atoms with Gasteiger partial charge in [0.15, 0.2) is 23.0 Å². The Bertz CT molecular complexity index is 1110. The Morgan fingerprint density at radius 1 is 0.844 bits per heavy atom. The van der Waals surface area contributed by atoms with Crippen molar-refractivity contribution in [3.05, 3.63) is 30.3 Å². The number of methoxy groups -OCH3 is 4. The summed E-state index contributed by atoms with van der Waals surface area (Å²) >= 11 is 0. The lowest BCUT2D eigenvalue weighted by Gasteiger charge is -2.15. The second-order valence-corrected chi connectivity index (χ2v) is 7.66. The highest BCUT2D eigenvalue weighted by Gasteiger charge is 2.25. The molecule has 0 aliphatic rings. The quantitative estimate of drug-likeness (QED) is 0.427. The molecule has 0 aliphatic carbocycles. The van der Waals surface area contributed by atoms with Crippen LogP contribution in [0.25, 0.3) is 22.5 Å². The Morgan fingerprint density at radius 2 is 1.41 bits per heavy atom. The smallest absolute Gasteiger partial charge is 0.493 e. The maximum Gasteiger partial charge on any atom is 0.527 e. The van der Waals surface area contributed by atoms with Crippen LogP contribution in [0.15, 0.2) is 30.3 Å². The lowest BCUT2D eigenvalue weighted by atomic mass is 10.0. The summed E-state index contributed by atoms with van der Waals surface area (Å²) in [6, 6.07) is 8.29. The number of aromatic amines is 1. The van der Waals surface area contributed by atoms with Gasteiger partial charge in [0.05, 0.1) is 35.0 Å². The van der Waals surface area contributed by atoms with Crippen molar-refractivity contribution in [3.8, 4) is 51.3 Å². The van der Waals surface area contributed by atoms with Crippen LogP contribution in [0, 0.1) is 0 Å². The van der Waals surface area contributed by atoms with E-state index in [2.05, 4.69) is 15.4 Å². The molecule has 1 atom stereocenters. The van der Waals surface area contributed by atoms with Gasteiger partial charge < -0.3 is 23.5 Å². The number of nitrogens with one attached hydrogen (secondary N) is 1. The fourth-order valence-electron chi connectivity index (χ4n) is 3.06. The van der Waals surface area contributed by atoms with Crippen molar-refractivity contribution in [2.75, 3.05) is 35.0 Å². The van der Waals surface area contributed by atoms with Crippen molar-refractivity contribution in [1.82, 2.24) is 15.4 Å². The minimum Gasteiger partial charge on any atom is -0.493 e. The van der Waals surface area contributed by atoms with E-state index in [1.165, 1.54) is 34.5 Å². The van der Waals surface area contributed by atoms with E-state index in [4.69, 9.17) is 28.0 Å². The van der Waals surface area contributed by atoms with Crippen molar-refractivity contribution >= 4 is 7.82 Å². The molecule has 0 fully saturated rings. The Kier molecular flexibility index (Phi) is 7.24. The highest BCUT2D eigenvalue weighted by molar-refractivity contribution is 7.47. The Balaban J connectivity index is 2.09. The fourth-order valence-corrected chi connectivity index (χ4v) is 3.83. The van der Waals surface area contributed by atoms with E-state index in [1.54, 1.807) is 31.2 Å². The van der Waals surface area contributed by atoms with Crippen LogP contribution in [-0.2, 0) is 9.09 Å². The molecule has 12 heteroatoms. The maximum atomic E-state index is 12.1. The van der Waals surface area contributed by atoms with Crippen molar-refractivity contribution in [2.24, 2.45) is 0 Å². The molecule has 0 aliphatic heterocycles. The summed E-state index contributed by atoms with van der Waals surface area (Å²) in [5.41, 5.74) is 2.13. The SMILES string of the molecule is CCOP(=O)(O)Oc1cc(-c2n[nH]nc2-c2cc(OC)c(OC)c(OC)c2)ccc1OC. The first kappa shape index (κ1) is 23.4. The third-order valence-electron chi connectivity index (χ3n) is 4.43. The summed E-state index contributed by atoms with van der Waals surface area (Å²) in [6.45, 7) is 1.59. The predicted octanol–water partition coefficient (Wildman–Crippen LogP) is 3.69. The zero-order chi connectivity index (χ0) is 23.3. The van der Waals surface area contributed by atoms with Crippen molar-refractivity contribution in [1.29, 1.82) is 0 Å². The first-order valence-corrected chi connectivity index (χ1v) is 10.9. The van der Waals surface area contributed by atoms with Gasteiger partial charge in [-0.2, -0.15) is 15.4 Å². The van der Waals surface area contributed by atoms with Crippen LogP contribution in [0.5, 0.6) is 28.7 Å². The number of H-pyrrole nitrogens is 1. The number of aromatic nitrogens is 3. The van der Waals surface area contributed by atoms with Crippen molar-refractivity contribution in [3.63, 3.8) is 0 Å². The molecule has 1 unspecified atom stereocenters. The molecule has 0 radical (unpaired) electrons. The molecule has 3 aromatic rings. The number of ether oxygens (including phenoxy) is 4. The van der Waals surface area contributed by atoms with Gasteiger partial charge in [-0.15, -0.1) is 0 Å². The summed E-state index contributed by atoms with van der Waals surface area (Å²) in [5, 5.41) is 11.1. The number of hydrogen-bond donors (Lipinski definition) is 2. The average Bonchev–Trinajstić information content (AvgIpc) is 3.27. The van der Waals surface area contributed by atoms with Gasteiger partial charge in [-0.25, -0.2) is 4.57 Å². The van der Waals surface area contributed by atoms with Crippen LogP contribution in [0.1, 0.15) is 6.92 Å². The van der Waals surface area contributed by atoms with Crippen LogP contribution >= 0.6 is 7.82 Å². The molecule has 0 saturated heterocycles. The van der Waals surface area contributed by atoms with Crippen molar-refractivity contribution < 1.29 is 37.5 Å².